The minimum atomic E-state index is 1.03. The molecule has 0 atom stereocenters. The Kier molecular flexibility index (Phi) is 6.10. The van der Waals surface area contributed by atoms with Crippen molar-refractivity contribution in [3.05, 3.63) is 7.05 Å². The number of hydrogen-bond acceptors (Lipinski definition) is 4. The van der Waals surface area contributed by atoms with Crippen LogP contribution in [0.25, 0.3) is 0 Å². The Morgan fingerprint density at radius 3 is 1.54 bits per heavy atom. The summed E-state index contributed by atoms with van der Waals surface area (Å²) < 4.78 is 0. The van der Waals surface area contributed by atoms with E-state index in [1.165, 1.54) is 0 Å². The summed E-state index contributed by atoms with van der Waals surface area (Å²) in [6.45, 7) is 8.33. The molecular formula is C9H21N4. The van der Waals surface area contributed by atoms with Gasteiger partial charge in [-0.3, -0.25) is 4.90 Å². The Labute approximate surface area is 81.1 Å². The lowest BCUT2D eigenvalue weighted by Crippen LogP contribution is -2.39. The van der Waals surface area contributed by atoms with Crippen LogP contribution in [0.3, 0.4) is 0 Å². The van der Waals surface area contributed by atoms with Gasteiger partial charge in [0.1, 0.15) is 0 Å². The number of hydrogen-bond donors (Lipinski definition) is 3. The van der Waals surface area contributed by atoms with E-state index in [-0.39, 0.29) is 0 Å². The molecule has 1 aliphatic heterocycles. The fourth-order valence-electron chi connectivity index (χ4n) is 1.31. The average Bonchev–Trinajstić information content (AvgIpc) is 2.11. The Morgan fingerprint density at radius 1 is 0.692 bits per heavy atom. The Hall–Kier alpha value is -0.160. The zero-order valence-electron chi connectivity index (χ0n) is 8.31. The highest BCUT2D eigenvalue weighted by Crippen LogP contribution is 1.81. The summed E-state index contributed by atoms with van der Waals surface area (Å²) in [6, 6.07) is 0. The van der Waals surface area contributed by atoms with Crippen LogP contribution in [0.15, 0.2) is 0 Å². The maximum Gasteiger partial charge on any atom is 0.0110 e. The maximum atomic E-state index is 3.96. The summed E-state index contributed by atoms with van der Waals surface area (Å²) >= 11 is 0. The minimum absolute atomic E-state index is 1.03. The van der Waals surface area contributed by atoms with Gasteiger partial charge in [0.2, 0.25) is 0 Å². The third-order valence-corrected chi connectivity index (χ3v) is 2.17. The van der Waals surface area contributed by atoms with Crippen LogP contribution in [0.5, 0.6) is 0 Å². The molecule has 1 heterocycles. The number of rotatable bonds is 0. The smallest absolute Gasteiger partial charge is 0.0110 e. The van der Waals surface area contributed by atoms with Gasteiger partial charge in [0.05, 0.1) is 0 Å². The van der Waals surface area contributed by atoms with Crippen molar-refractivity contribution in [1.82, 2.24) is 20.9 Å². The Bertz CT molecular complexity index is 106. The highest BCUT2D eigenvalue weighted by molar-refractivity contribution is 4.63. The maximum absolute atomic E-state index is 3.96. The number of nitrogens with zero attached hydrogens (tertiary/aromatic N) is 1. The van der Waals surface area contributed by atoms with Gasteiger partial charge in [-0.25, -0.2) is 0 Å². The first-order valence-electron chi connectivity index (χ1n) is 5.07. The predicted molar refractivity (Wildman–Crippen MR) is 55.5 cm³/mol. The molecule has 1 aliphatic rings. The lowest BCUT2D eigenvalue weighted by atomic mass is 10.4. The summed E-state index contributed by atoms with van der Waals surface area (Å²) in [5.74, 6) is 0. The molecule has 0 amide bonds. The summed E-state index contributed by atoms with van der Waals surface area (Å²) in [5.41, 5.74) is 0. The van der Waals surface area contributed by atoms with Gasteiger partial charge in [-0.15, -0.1) is 0 Å². The van der Waals surface area contributed by atoms with E-state index >= 15 is 0 Å². The van der Waals surface area contributed by atoms with E-state index in [4.69, 9.17) is 0 Å². The van der Waals surface area contributed by atoms with Gasteiger partial charge in [-0.2, -0.15) is 0 Å². The second-order valence-corrected chi connectivity index (χ2v) is 3.37. The van der Waals surface area contributed by atoms with Crippen LogP contribution in [0.4, 0.5) is 0 Å². The van der Waals surface area contributed by atoms with Gasteiger partial charge in [0.25, 0.3) is 0 Å². The standard InChI is InChI=1S/C9H21N4/c1-13-8-6-11-4-2-10-3-5-12-7-9-13/h10-12H,1-9H2. The zero-order valence-corrected chi connectivity index (χ0v) is 8.31. The summed E-state index contributed by atoms with van der Waals surface area (Å²) in [7, 11) is 3.96. The van der Waals surface area contributed by atoms with Crippen LogP contribution in [0.2, 0.25) is 0 Å². The van der Waals surface area contributed by atoms with Gasteiger partial charge in [-0.05, 0) is 0 Å². The molecule has 0 saturated carbocycles. The third kappa shape index (κ3) is 5.99. The molecule has 1 fully saturated rings. The first kappa shape index (κ1) is 10.9. The van der Waals surface area contributed by atoms with E-state index in [1.54, 1.807) is 0 Å². The molecular weight excluding hydrogens is 164 g/mol. The first-order chi connectivity index (χ1) is 6.39. The molecule has 1 saturated heterocycles. The topological polar surface area (TPSA) is 39.3 Å². The van der Waals surface area contributed by atoms with Crippen LogP contribution in [0, 0.1) is 7.05 Å². The van der Waals surface area contributed by atoms with Gasteiger partial charge in [0, 0.05) is 59.4 Å². The van der Waals surface area contributed by atoms with Crippen LogP contribution in [-0.2, 0) is 0 Å². The van der Waals surface area contributed by atoms with Crippen molar-refractivity contribution in [3.63, 3.8) is 0 Å². The quantitative estimate of drug-likeness (QED) is 0.446. The molecule has 4 heteroatoms. The highest BCUT2D eigenvalue weighted by Gasteiger charge is 1.98. The Balaban J connectivity index is 2.11. The van der Waals surface area contributed by atoms with Crippen molar-refractivity contribution >= 4 is 0 Å². The van der Waals surface area contributed by atoms with Gasteiger partial charge < -0.3 is 16.0 Å². The molecule has 0 aliphatic carbocycles. The normalized spacial score (nSPS) is 24.7. The lowest BCUT2D eigenvalue weighted by Gasteiger charge is -2.18. The molecule has 0 bridgehead atoms. The number of nitrogens with one attached hydrogen (secondary N) is 3. The molecule has 4 nitrogen and oxygen atoms in total. The summed E-state index contributed by atoms with van der Waals surface area (Å²) in [6.07, 6.45) is 0. The highest BCUT2D eigenvalue weighted by atomic mass is 15.1. The molecule has 3 N–H and O–H groups in total. The van der Waals surface area contributed by atoms with Crippen LogP contribution < -0.4 is 16.0 Å². The van der Waals surface area contributed by atoms with Crippen molar-refractivity contribution < 1.29 is 0 Å². The molecule has 0 spiro atoms. The minimum Gasteiger partial charge on any atom is -0.314 e. The first-order valence-corrected chi connectivity index (χ1v) is 5.07. The molecule has 0 aromatic rings. The van der Waals surface area contributed by atoms with Gasteiger partial charge in [0.15, 0.2) is 0 Å². The average molecular weight is 185 g/mol. The van der Waals surface area contributed by atoms with Crippen LogP contribution >= 0.6 is 0 Å². The molecule has 13 heavy (non-hydrogen) atoms. The van der Waals surface area contributed by atoms with Crippen LogP contribution in [0.1, 0.15) is 0 Å². The molecule has 1 radical (unpaired) electrons. The van der Waals surface area contributed by atoms with E-state index in [0.717, 1.165) is 52.4 Å². The monoisotopic (exact) mass is 185 g/mol. The predicted octanol–water partition coefficient (Wildman–Crippen LogP) is -1.14. The van der Waals surface area contributed by atoms with E-state index in [9.17, 15) is 0 Å². The fourth-order valence-corrected chi connectivity index (χ4v) is 1.31. The van der Waals surface area contributed by atoms with Crippen molar-refractivity contribution in [2.75, 3.05) is 52.4 Å². The van der Waals surface area contributed by atoms with E-state index in [1.807, 2.05) is 0 Å². The second kappa shape index (κ2) is 7.26. The van der Waals surface area contributed by atoms with E-state index in [2.05, 4.69) is 27.9 Å². The largest absolute Gasteiger partial charge is 0.314 e. The molecule has 77 valence electrons. The molecule has 0 unspecified atom stereocenters. The van der Waals surface area contributed by atoms with Crippen molar-refractivity contribution in [2.24, 2.45) is 0 Å². The van der Waals surface area contributed by atoms with E-state index < -0.39 is 0 Å². The second-order valence-electron chi connectivity index (χ2n) is 3.37. The molecule has 0 aromatic heterocycles. The van der Waals surface area contributed by atoms with Crippen molar-refractivity contribution in [1.29, 1.82) is 0 Å². The van der Waals surface area contributed by atoms with Crippen molar-refractivity contribution in [2.45, 2.75) is 0 Å². The van der Waals surface area contributed by atoms with Crippen LogP contribution in [-0.4, -0.2) is 57.3 Å². The van der Waals surface area contributed by atoms with Gasteiger partial charge in [-0.1, -0.05) is 0 Å². The molecule has 0 aromatic carbocycles. The summed E-state index contributed by atoms with van der Waals surface area (Å²) in [4.78, 5) is 2.11. The summed E-state index contributed by atoms with van der Waals surface area (Å²) in [5, 5.41) is 10.1. The molecule has 1 rings (SSSR count). The van der Waals surface area contributed by atoms with Gasteiger partial charge >= 0.3 is 0 Å². The third-order valence-electron chi connectivity index (χ3n) is 2.17. The fraction of sp³-hybridized carbons (Fsp3) is 0.889. The van der Waals surface area contributed by atoms with E-state index in [0.29, 0.717) is 0 Å². The Morgan fingerprint density at radius 2 is 1.08 bits per heavy atom. The lowest BCUT2D eigenvalue weighted by molar-refractivity contribution is 0.357. The SMILES string of the molecule is [CH2]N1CCNCCNCCNCC1. The van der Waals surface area contributed by atoms with Crippen molar-refractivity contribution in [3.8, 4) is 0 Å². The zero-order chi connectivity index (χ0) is 9.36.